The first-order valence-electron chi connectivity index (χ1n) is 4.97. The molecule has 3 heteroatoms. The number of allylic oxidation sites excluding steroid dienone is 3. The van der Waals surface area contributed by atoms with Gasteiger partial charge in [-0.1, -0.05) is 18.2 Å². The summed E-state index contributed by atoms with van der Waals surface area (Å²) >= 11 is 0. The fraction of sp³-hybridized carbons (Fsp3) is 0.455. The highest BCUT2D eigenvalue weighted by atomic mass is 16.1. The molecule has 2 rings (SSSR count). The van der Waals surface area contributed by atoms with Crippen LogP contribution >= 0.6 is 0 Å². The van der Waals surface area contributed by atoms with Crippen LogP contribution in [0.2, 0.25) is 0 Å². The van der Waals surface area contributed by atoms with Crippen LogP contribution < -0.4 is 10.6 Å². The van der Waals surface area contributed by atoms with Gasteiger partial charge in [0, 0.05) is 37.7 Å². The van der Waals surface area contributed by atoms with E-state index < -0.39 is 0 Å². The van der Waals surface area contributed by atoms with Gasteiger partial charge in [-0.25, -0.2) is 4.79 Å². The second-order valence-electron chi connectivity index (χ2n) is 3.55. The van der Waals surface area contributed by atoms with Gasteiger partial charge in [-0.3, -0.25) is 0 Å². The van der Waals surface area contributed by atoms with Crippen LogP contribution in [-0.2, 0) is 4.79 Å². The monoisotopic (exact) mass is 190 g/mol. The average molecular weight is 190 g/mol. The van der Waals surface area contributed by atoms with Gasteiger partial charge in [-0.2, -0.15) is 0 Å². The SMILES string of the molecule is O=C=C1CC=CC=C1C1CNCCN1. The molecule has 2 aliphatic rings. The summed E-state index contributed by atoms with van der Waals surface area (Å²) < 4.78 is 0. The van der Waals surface area contributed by atoms with Crippen LogP contribution in [0, 0.1) is 0 Å². The lowest BCUT2D eigenvalue weighted by atomic mass is 9.92. The molecule has 0 saturated carbocycles. The Kier molecular flexibility index (Phi) is 2.94. The number of hydrogen-bond acceptors (Lipinski definition) is 3. The summed E-state index contributed by atoms with van der Waals surface area (Å²) in [6, 6.07) is 0.269. The molecule has 1 saturated heterocycles. The maximum Gasteiger partial charge on any atom is 0.128 e. The van der Waals surface area contributed by atoms with Gasteiger partial charge in [0.25, 0.3) is 0 Å². The molecule has 0 aromatic carbocycles. The van der Waals surface area contributed by atoms with E-state index in [1.54, 1.807) is 0 Å². The molecule has 1 atom stereocenters. The third-order valence-corrected chi connectivity index (χ3v) is 2.62. The van der Waals surface area contributed by atoms with Crippen molar-refractivity contribution in [2.24, 2.45) is 0 Å². The molecule has 0 radical (unpaired) electrons. The smallest absolute Gasteiger partial charge is 0.128 e. The second-order valence-corrected chi connectivity index (χ2v) is 3.55. The van der Waals surface area contributed by atoms with Crippen molar-refractivity contribution in [3.63, 3.8) is 0 Å². The third-order valence-electron chi connectivity index (χ3n) is 2.62. The zero-order valence-electron chi connectivity index (χ0n) is 8.05. The highest BCUT2D eigenvalue weighted by Gasteiger charge is 2.20. The van der Waals surface area contributed by atoms with Crippen molar-refractivity contribution >= 4 is 5.94 Å². The first kappa shape index (κ1) is 9.41. The minimum Gasteiger partial charge on any atom is -0.314 e. The molecule has 74 valence electrons. The molecule has 0 aromatic heterocycles. The Hall–Kier alpha value is -1.15. The van der Waals surface area contributed by atoms with Crippen molar-refractivity contribution in [1.82, 2.24) is 10.6 Å². The van der Waals surface area contributed by atoms with E-state index in [0.29, 0.717) is 6.42 Å². The van der Waals surface area contributed by atoms with E-state index in [4.69, 9.17) is 0 Å². The van der Waals surface area contributed by atoms with E-state index in [1.807, 2.05) is 24.2 Å². The highest BCUT2D eigenvalue weighted by Crippen LogP contribution is 2.20. The molecule has 0 amide bonds. The van der Waals surface area contributed by atoms with E-state index in [-0.39, 0.29) is 6.04 Å². The maximum absolute atomic E-state index is 10.7. The van der Waals surface area contributed by atoms with Crippen molar-refractivity contribution in [3.8, 4) is 0 Å². The Labute approximate surface area is 83.6 Å². The number of hydrogen-bond donors (Lipinski definition) is 2. The van der Waals surface area contributed by atoms with Crippen LogP contribution in [0.25, 0.3) is 0 Å². The summed E-state index contributed by atoms with van der Waals surface area (Å²) in [5.74, 6) is 2.03. The molecule has 1 aliphatic carbocycles. The minimum atomic E-state index is 0.269. The van der Waals surface area contributed by atoms with Crippen molar-refractivity contribution in [2.75, 3.05) is 19.6 Å². The van der Waals surface area contributed by atoms with Crippen LogP contribution in [0.4, 0.5) is 0 Å². The molecule has 0 spiro atoms. The molecule has 1 aliphatic heterocycles. The molecule has 2 N–H and O–H groups in total. The topological polar surface area (TPSA) is 41.1 Å². The van der Waals surface area contributed by atoms with Gasteiger partial charge >= 0.3 is 0 Å². The lowest BCUT2D eigenvalue weighted by Crippen LogP contribution is -2.49. The zero-order chi connectivity index (χ0) is 9.80. The summed E-state index contributed by atoms with van der Waals surface area (Å²) in [7, 11) is 0. The largest absolute Gasteiger partial charge is 0.314 e. The zero-order valence-corrected chi connectivity index (χ0v) is 8.05. The number of rotatable bonds is 1. The Morgan fingerprint density at radius 2 is 2.36 bits per heavy atom. The molecule has 1 heterocycles. The van der Waals surface area contributed by atoms with Gasteiger partial charge < -0.3 is 10.6 Å². The Morgan fingerprint density at radius 1 is 1.43 bits per heavy atom. The summed E-state index contributed by atoms with van der Waals surface area (Å²) in [5, 5.41) is 6.69. The van der Waals surface area contributed by atoms with Crippen LogP contribution in [0.15, 0.2) is 29.4 Å². The van der Waals surface area contributed by atoms with E-state index in [0.717, 1.165) is 30.8 Å². The standard InChI is InChI=1S/C11H14N2O/c14-8-9-3-1-2-4-10(9)11-7-12-5-6-13-11/h1-2,4,11-13H,3,5-7H2. The van der Waals surface area contributed by atoms with Gasteiger partial charge in [-0.15, -0.1) is 0 Å². The number of carbonyl (C=O) groups excluding carboxylic acids is 1. The van der Waals surface area contributed by atoms with Crippen LogP contribution in [-0.4, -0.2) is 31.6 Å². The predicted octanol–water partition coefficient (Wildman–Crippen LogP) is 0.192. The third kappa shape index (κ3) is 1.85. The Balaban J connectivity index is 2.17. The lowest BCUT2D eigenvalue weighted by molar-refractivity contribution is 0.458. The average Bonchev–Trinajstić information content (AvgIpc) is 2.30. The van der Waals surface area contributed by atoms with Gasteiger partial charge in [-0.05, 0) is 5.57 Å². The quantitative estimate of drug-likeness (QED) is 0.580. The second kappa shape index (κ2) is 4.38. The minimum absolute atomic E-state index is 0.269. The summed E-state index contributed by atoms with van der Waals surface area (Å²) in [6.07, 6.45) is 6.72. The Morgan fingerprint density at radius 3 is 3.07 bits per heavy atom. The van der Waals surface area contributed by atoms with Crippen molar-refractivity contribution in [1.29, 1.82) is 0 Å². The number of nitrogens with one attached hydrogen (secondary N) is 2. The molecule has 0 aromatic rings. The van der Waals surface area contributed by atoms with E-state index >= 15 is 0 Å². The fourth-order valence-corrected chi connectivity index (χ4v) is 1.88. The Bertz CT molecular complexity index is 318. The molecular weight excluding hydrogens is 176 g/mol. The lowest BCUT2D eigenvalue weighted by Gasteiger charge is -2.27. The van der Waals surface area contributed by atoms with Gasteiger partial charge in [0.1, 0.15) is 5.94 Å². The molecule has 1 fully saturated rings. The fourth-order valence-electron chi connectivity index (χ4n) is 1.88. The van der Waals surface area contributed by atoms with Crippen LogP contribution in [0.3, 0.4) is 0 Å². The molecule has 3 nitrogen and oxygen atoms in total. The van der Waals surface area contributed by atoms with Crippen molar-refractivity contribution < 1.29 is 4.79 Å². The number of piperazine rings is 1. The predicted molar refractivity (Wildman–Crippen MR) is 55.7 cm³/mol. The molecule has 0 bridgehead atoms. The first-order valence-corrected chi connectivity index (χ1v) is 4.97. The summed E-state index contributed by atoms with van der Waals surface area (Å²) in [5.41, 5.74) is 1.88. The first-order chi connectivity index (χ1) is 6.92. The maximum atomic E-state index is 10.7. The summed E-state index contributed by atoms with van der Waals surface area (Å²) in [4.78, 5) is 10.7. The summed E-state index contributed by atoms with van der Waals surface area (Å²) in [6.45, 7) is 2.85. The van der Waals surface area contributed by atoms with Gasteiger partial charge in [0.2, 0.25) is 0 Å². The van der Waals surface area contributed by atoms with E-state index in [2.05, 4.69) is 10.6 Å². The van der Waals surface area contributed by atoms with Gasteiger partial charge in [0.05, 0.1) is 0 Å². The van der Waals surface area contributed by atoms with Crippen LogP contribution in [0.5, 0.6) is 0 Å². The van der Waals surface area contributed by atoms with E-state index in [1.165, 1.54) is 0 Å². The van der Waals surface area contributed by atoms with E-state index in [9.17, 15) is 4.79 Å². The van der Waals surface area contributed by atoms with Crippen molar-refractivity contribution in [3.05, 3.63) is 29.4 Å². The highest BCUT2D eigenvalue weighted by molar-refractivity contribution is 5.64. The van der Waals surface area contributed by atoms with Crippen LogP contribution in [0.1, 0.15) is 6.42 Å². The molecule has 14 heavy (non-hydrogen) atoms. The normalized spacial score (nSPS) is 27.0. The molecular formula is C11H14N2O. The van der Waals surface area contributed by atoms with Gasteiger partial charge in [0.15, 0.2) is 0 Å². The molecule has 1 unspecified atom stereocenters. The van der Waals surface area contributed by atoms with Crippen molar-refractivity contribution in [2.45, 2.75) is 12.5 Å².